The fourth-order valence-corrected chi connectivity index (χ4v) is 10.5. The Hall–Kier alpha value is 0.150. The van der Waals surface area contributed by atoms with E-state index in [0.717, 1.165) is 38.7 Å². The zero-order valence-corrected chi connectivity index (χ0v) is 33.6. The maximum Gasteiger partial charge on any atom is 0.329 e. The van der Waals surface area contributed by atoms with Crippen LogP contribution >= 0.6 is 8.60 Å². The minimum absolute atomic E-state index is 0.385. The molecule has 5 unspecified atom stereocenters. The van der Waals surface area contributed by atoms with Crippen molar-refractivity contribution in [3.8, 4) is 0 Å². The Morgan fingerprint density at radius 1 is 0.460 bits per heavy atom. The summed E-state index contributed by atoms with van der Waals surface area (Å²) in [6, 6.07) is 0. The van der Waals surface area contributed by atoms with E-state index >= 15 is 0 Å². The highest BCUT2D eigenvalue weighted by atomic mass is 31.2. The van der Waals surface area contributed by atoms with Crippen molar-refractivity contribution in [2.45, 2.75) is 235 Å². The van der Waals surface area contributed by atoms with E-state index in [9.17, 15) is 9.79 Å². The molecule has 0 bridgehead atoms. The lowest BCUT2D eigenvalue weighted by Crippen LogP contribution is -2.88. The molecule has 4 aliphatic rings. The summed E-state index contributed by atoms with van der Waals surface area (Å²) in [5.41, 5.74) is -1.99. The third kappa shape index (κ3) is 10.9. The summed E-state index contributed by atoms with van der Waals surface area (Å²) in [6.45, 7) is 7.13. The Morgan fingerprint density at radius 2 is 0.780 bits per heavy atom. The van der Waals surface area contributed by atoms with Gasteiger partial charge in [-0.3, -0.25) is 4.52 Å². The van der Waals surface area contributed by atoms with Crippen molar-refractivity contribution in [3.05, 3.63) is 0 Å². The quantitative estimate of drug-likeness (QED) is 0.0514. The first-order valence-electron chi connectivity index (χ1n) is 21.9. The maximum atomic E-state index is 10.0. The fraction of sp³-hybridized carbons (Fsp3) is 1.00. The minimum Gasteiger partial charge on any atom is -0.371 e. The molecule has 0 aliphatic carbocycles. The molecule has 4 heterocycles. The molecular formula is C42H79O7P. The second-order valence-corrected chi connectivity index (χ2v) is 17.1. The summed E-state index contributed by atoms with van der Waals surface area (Å²) >= 11 is 0. The predicted molar refractivity (Wildman–Crippen MR) is 205 cm³/mol. The van der Waals surface area contributed by atoms with Gasteiger partial charge in [-0.05, 0) is 18.8 Å². The second kappa shape index (κ2) is 23.2. The average molecular weight is 727 g/mol. The van der Waals surface area contributed by atoms with E-state index in [1.165, 1.54) is 161 Å². The number of unbranched alkanes of at least 4 members (excludes halogenated alkanes) is 23. The van der Waals surface area contributed by atoms with Crippen LogP contribution in [0.4, 0.5) is 0 Å². The molecule has 0 spiro atoms. The van der Waals surface area contributed by atoms with Crippen molar-refractivity contribution in [1.82, 2.24) is 0 Å². The summed E-state index contributed by atoms with van der Waals surface area (Å²) in [5.74, 6) is -0.793. The molecular weight excluding hydrogens is 647 g/mol. The van der Waals surface area contributed by atoms with Gasteiger partial charge in [-0.15, -0.1) is 0 Å². The molecule has 0 amide bonds. The van der Waals surface area contributed by atoms with Crippen molar-refractivity contribution in [1.29, 1.82) is 0 Å². The molecule has 2 N–H and O–H groups in total. The van der Waals surface area contributed by atoms with E-state index in [0.29, 0.717) is 32.2 Å². The maximum absolute atomic E-state index is 10.0. The molecule has 0 aromatic carbocycles. The van der Waals surface area contributed by atoms with Gasteiger partial charge >= 0.3 is 8.60 Å². The average Bonchev–Trinajstić information content (AvgIpc) is 3.02. The third-order valence-corrected chi connectivity index (χ3v) is 13.6. The second-order valence-electron chi connectivity index (χ2n) is 16.4. The van der Waals surface area contributed by atoms with E-state index < -0.39 is 31.2 Å². The molecule has 5 atom stereocenters. The molecule has 4 fully saturated rings. The molecule has 0 saturated carbocycles. The first kappa shape index (κ1) is 42.9. The standard InChI is InChI=1S/C42H79O7P/c1-3-5-7-9-11-13-15-16-17-19-21-23-25-27-29-38(28-26-24-22-20-18-14-12-10-8-6-4-2)39(30-34-45-39)40(31-35-46-40)41(32-36-47-41)42(33-37-48-42)49-50(43)44/h38,43-44H,3-37H2,1-2H3. The van der Waals surface area contributed by atoms with Crippen LogP contribution in [0.5, 0.6) is 0 Å². The minimum atomic E-state index is -2.59. The number of hydrogen-bond acceptors (Lipinski definition) is 7. The van der Waals surface area contributed by atoms with E-state index in [-0.39, 0.29) is 0 Å². The molecule has 7 nitrogen and oxygen atoms in total. The first-order valence-corrected chi connectivity index (χ1v) is 23.1. The molecule has 294 valence electrons. The van der Waals surface area contributed by atoms with E-state index in [1.54, 1.807) is 0 Å². The van der Waals surface area contributed by atoms with Crippen molar-refractivity contribution >= 4 is 8.60 Å². The monoisotopic (exact) mass is 727 g/mol. The SMILES string of the molecule is CCCCCCCCCCCCCCCCC(CCCCCCCCCCCCC)C1(C2(C3(C4(OP(O)O)CCO4)CCO3)CCO2)CCO1. The first-order chi connectivity index (χ1) is 24.5. The van der Waals surface area contributed by atoms with Gasteiger partial charge in [0.05, 0.1) is 26.4 Å². The normalized spacial score (nSPS) is 29.7. The topological polar surface area (TPSA) is 86.6 Å². The lowest BCUT2D eigenvalue weighted by atomic mass is 9.52. The van der Waals surface area contributed by atoms with Gasteiger partial charge in [0, 0.05) is 25.7 Å². The van der Waals surface area contributed by atoms with Crippen LogP contribution in [-0.2, 0) is 23.5 Å². The Morgan fingerprint density at radius 3 is 1.02 bits per heavy atom. The van der Waals surface area contributed by atoms with Crippen LogP contribution in [0.2, 0.25) is 0 Å². The van der Waals surface area contributed by atoms with E-state index in [1.807, 2.05) is 0 Å². The molecule has 50 heavy (non-hydrogen) atoms. The summed E-state index contributed by atoms with van der Waals surface area (Å²) < 4.78 is 32.1. The van der Waals surface area contributed by atoms with Crippen LogP contribution in [-0.4, -0.2) is 58.8 Å². The number of ether oxygens (including phenoxy) is 4. The molecule has 8 heteroatoms. The van der Waals surface area contributed by atoms with Crippen LogP contribution in [0, 0.1) is 5.92 Å². The summed E-state index contributed by atoms with van der Waals surface area (Å²) in [5, 5.41) is 0. The number of hydrogen-bond donors (Lipinski definition) is 2. The summed E-state index contributed by atoms with van der Waals surface area (Å²) in [7, 11) is -2.59. The van der Waals surface area contributed by atoms with E-state index in [2.05, 4.69) is 13.8 Å². The van der Waals surface area contributed by atoms with Crippen LogP contribution in [0.3, 0.4) is 0 Å². The van der Waals surface area contributed by atoms with Gasteiger partial charge in [0.1, 0.15) is 11.2 Å². The van der Waals surface area contributed by atoms with Crippen molar-refractivity contribution in [2.75, 3.05) is 26.4 Å². The van der Waals surface area contributed by atoms with Gasteiger partial charge in [0.25, 0.3) is 0 Å². The smallest absolute Gasteiger partial charge is 0.329 e. The zero-order chi connectivity index (χ0) is 35.4. The highest BCUT2D eigenvalue weighted by Gasteiger charge is 2.82. The molecule has 0 aromatic heterocycles. The van der Waals surface area contributed by atoms with Crippen molar-refractivity contribution in [2.24, 2.45) is 5.92 Å². The third-order valence-electron chi connectivity index (χ3n) is 13.1. The van der Waals surface area contributed by atoms with Crippen LogP contribution in [0.1, 0.15) is 213 Å². The highest BCUT2D eigenvalue weighted by Crippen LogP contribution is 2.67. The Kier molecular flexibility index (Phi) is 19.9. The van der Waals surface area contributed by atoms with Crippen molar-refractivity contribution in [3.63, 3.8) is 0 Å². The lowest BCUT2D eigenvalue weighted by molar-refractivity contribution is -0.481. The Balaban J connectivity index is 1.28. The fourth-order valence-electron chi connectivity index (χ4n) is 9.96. The predicted octanol–water partition coefficient (Wildman–Crippen LogP) is 12.0. The van der Waals surface area contributed by atoms with Crippen LogP contribution in [0.15, 0.2) is 0 Å². The molecule has 4 aliphatic heterocycles. The number of rotatable bonds is 33. The van der Waals surface area contributed by atoms with Gasteiger partial charge < -0.3 is 28.7 Å². The van der Waals surface area contributed by atoms with E-state index in [4.69, 9.17) is 23.5 Å². The summed E-state index contributed by atoms with van der Waals surface area (Å²) in [4.78, 5) is 20.1. The van der Waals surface area contributed by atoms with Gasteiger partial charge in [0.15, 0.2) is 5.60 Å². The molecule has 0 aromatic rings. The Labute approximate surface area is 309 Å². The Bertz CT molecular complexity index is 868. The van der Waals surface area contributed by atoms with Gasteiger partial charge in [-0.1, -0.05) is 174 Å². The highest BCUT2D eigenvalue weighted by molar-refractivity contribution is 7.39. The molecule has 4 rings (SSSR count). The zero-order valence-electron chi connectivity index (χ0n) is 32.7. The van der Waals surface area contributed by atoms with Crippen LogP contribution in [0.25, 0.3) is 0 Å². The van der Waals surface area contributed by atoms with Gasteiger partial charge in [-0.25, -0.2) is 0 Å². The van der Waals surface area contributed by atoms with Crippen molar-refractivity contribution < 1.29 is 33.3 Å². The van der Waals surface area contributed by atoms with Crippen LogP contribution < -0.4 is 0 Å². The molecule has 0 radical (unpaired) electrons. The lowest BCUT2D eigenvalue weighted by Gasteiger charge is -2.73. The van der Waals surface area contributed by atoms with Gasteiger partial charge in [0.2, 0.25) is 5.79 Å². The molecule has 4 saturated heterocycles. The van der Waals surface area contributed by atoms with Gasteiger partial charge in [-0.2, -0.15) is 0 Å². The largest absolute Gasteiger partial charge is 0.371 e. The summed E-state index contributed by atoms with van der Waals surface area (Å²) in [6.07, 6.45) is 39.5.